The van der Waals surface area contributed by atoms with Gasteiger partial charge in [-0.15, -0.1) is 5.10 Å². The molecule has 2 saturated heterocycles. The fourth-order valence-corrected chi connectivity index (χ4v) is 3.12. The van der Waals surface area contributed by atoms with E-state index in [2.05, 4.69) is 15.1 Å². The molecule has 9 nitrogen and oxygen atoms in total. The summed E-state index contributed by atoms with van der Waals surface area (Å²) in [7, 11) is 0. The van der Waals surface area contributed by atoms with Gasteiger partial charge in [-0.2, -0.15) is 0 Å². The Bertz CT molecular complexity index is 958. The van der Waals surface area contributed by atoms with Gasteiger partial charge in [-0.3, -0.25) is 14.6 Å². The molecule has 1 N–H and O–H groups in total. The second-order valence-electron chi connectivity index (χ2n) is 6.31. The number of esters is 1. The minimum atomic E-state index is -1.20. The van der Waals surface area contributed by atoms with Gasteiger partial charge in [-0.25, -0.2) is 4.98 Å². The second-order valence-corrected chi connectivity index (χ2v) is 6.31. The van der Waals surface area contributed by atoms with E-state index in [-0.39, 0.29) is 18.3 Å². The molecule has 0 radical (unpaired) electrons. The largest absolute Gasteiger partial charge is 0.465 e. The number of nitrogens with zero attached hydrogens (tertiary/aromatic N) is 3. The van der Waals surface area contributed by atoms with Crippen molar-refractivity contribution in [1.29, 1.82) is 0 Å². The van der Waals surface area contributed by atoms with E-state index in [1.807, 2.05) is 12.1 Å². The van der Waals surface area contributed by atoms with Crippen molar-refractivity contribution in [1.82, 2.24) is 15.0 Å². The molecule has 2 aliphatic rings. The third kappa shape index (κ3) is 3.48. The van der Waals surface area contributed by atoms with E-state index in [0.29, 0.717) is 32.0 Å². The van der Waals surface area contributed by atoms with Gasteiger partial charge >= 0.3 is 5.97 Å². The summed E-state index contributed by atoms with van der Waals surface area (Å²) in [5.41, 5.74) is 1.44. The van der Waals surface area contributed by atoms with Crippen LogP contribution in [-0.2, 0) is 23.8 Å². The lowest BCUT2D eigenvalue weighted by atomic mass is 10.0. The van der Waals surface area contributed by atoms with E-state index < -0.39 is 17.7 Å². The number of pyridine rings is 1. The number of aromatic amines is 1. The number of ketones is 1. The Morgan fingerprint density at radius 3 is 3.07 bits per heavy atom. The van der Waals surface area contributed by atoms with Crippen molar-refractivity contribution in [3.05, 3.63) is 35.8 Å². The highest BCUT2D eigenvalue weighted by Gasteiger charge is 2.45. The Kier molecular flexibility index (Phi) is 5.07. The molecule has 2 aliphatic heterocycles. The van der Waals surface area contributed by atoms with Crippen molar-refractivity contribution >= 4 is 34.8 Å². The van der Waals surface area contributed by atoms with Crippen LogP contribution in [0.15, 0.2) is 35.4 Å². The molecule has 2 aromatic rings. The highest BCUT2D eigenvalue weighted by Crippen LogP contribution is 2.28. The quantitative estimate of drug-likeness (QED) is 0.481. The van der Waals surface area contributed by atoms with Crippen LogP contribution < -0.4 is 0 Å². The molecule has 1 unspecified atom stereocenters. The number of ether oxygens (including phenoxy) is 3. The highest BCUT2D eigenvalue weighted by molar-refractivity contribution is 6.27. The molecule has 0 spiro atoms. The number of nitrogens with one attached hydrogen (secondary N) is 1. The Labute approximate surface area is 161 Å². The number of H-pyrrole nitrogens is 1. The van der Waals surface area contributed by atoms with Crippen LogP contribution in [0.1, 0.15) is 12.5 Å². The first-order chi connectivity index (χ1) is 13.7. The summed E-state index contributed by atoms with van der Waals surface area (Å²) in [5.74, 6) is -2.24. The first-order valence-electron chi connectivity index (χ1n) is 9.11. The molecule has 1 atom stereocenters. The van der Waals surface area contributed by atoms with Crippen molar-refractivity contribution in [3.8, 4) is 0 Å². The van der Waals surface area contributed by atoms with E-state index in [1.165, 1.54) is 0 Å². The summed E-state index contributed by atoms with van der Waals surface area (Å²) in [5, 5.41) is 6.96. The smallest absolute Gasteiger partial charge is 0.326 e. The average Bonchev–Trinajstić information content (AvgIpc) is 3.24. The van der Waals surface area contributed by atoms with Crippen molar-refractivity contribution in [2.75, 3.05) is 32.9 Å². The standard InChI is InChI=1S/C19H20N4O5/c1-2-27-19(25)15-16(24)14(28-18(15)22-23-6-8-26-9-7-23)10-12-11-21-17-13(12)4-3-5-20-17/h3-5,10-11,15H,2,6-9H2,1H3,(H,20,21)/b14-10-,22-18+. The molecule has 0 bridgehead atoms. The number of hydrazone groups is 1. The van der Waals surface area contributed by atoms with Gasteiger partial charge in [-0.1, -0.05) is 0 Å². The number of carbonyl (C=O) groups is 2. The molecular formula is C19H20N4O5. The van der Waals surface area contributed by atoms with Crippen LogP contribution in [-0.4, -0.2) is 65.5 Å². The van der Waals surface area contributed by atoms with Crippen molar-refractivity contribution in [2.45, 2.75) is 6.92 Å². The molecule has 4 heterocycles. The normalized spacial score (nSPS) is 22.8. The van der Waals surface area contributed by atoms with E-state index in [9.17, 15) is 9.59 Å². The Balaban J connectivity index is 1.68. The third-order valence-corrected chi connectivity index (χ3v) is 4.49. The number of Topliss-reactive ketones (excluding diaryl/α,β-unsaturated/α-hetero) is 1. The van der Waals surface area contributed by atoms with Gasteiger partial charge in [0.25, 0.3) is 0 Å². The SMILES string of the molecule is CCOC(=O)C1C(=O)/C(=C/c2c[nH]c3ncccc23)O/C1=N/N1CCOCC1. The zero-order valence-corrected chi connectivity index (χ0v) is 15.4. The van der Waals surface area contributed by atoms with E-state index in [1.54, 1.807) is 30.4 Å². The average molecular weight is 384 g/mol. The first kappa shape index (κ1) is 18.2. The summed E-state index contributed by atoms with van der Waals surface area (Å²) >= 11 is 0. The molecule has 4 rings (SSSR count). The zero-order valence-electron chi connectivity index (χ0n) is 15.4. The highest BCUT2D eigenvalue weighted by atomic mass is 16.5. The molecule has 0 aliphatic carbocycles. The van der Waals surface area contributed by atoms with Gasteiger partial charge in [0.15, 0.2) is 5.76 Å². The Hall–Kier alpha value is -3.20. The maximum Gasteiger partial charge on any atom is 0.326 e. The number of morpholine rings is 1. The van der Waals surface area contributed by atoms with Crippen LogP contribution in [0.2, 0.25) is 0 Å². The zero-order chi connectivity index (χ0) is 19.5. The maximum atomic E-state index is 12.9. The molecule has 9 heteroatoms. The van der Waals surface area contributed by atoms with Gasteiger partial charge in [0.05, 0.1) is 32.9 Å². The molecular weight excluding hydrogens is 364 g/mol. The lowest BCUT2D eigenvalue weighted by molar-refractivity contribution is -0.147. The lowest BCUT2D eigenvalue weighted by Crippen LogP contribution is -2.35. The fraction of sp³-hybridized carbons (Fsp3) is 0.368. The minimum Gasteiger partial charge on any atom is -0.465 e. The summed E-state index contributed by atoms with van der Waals surface area (Å²) in [4.78, 5) is 32.5. The first-order valence-corrected chi connectivity index (χ1v) is 9.11. The number of hydrogen-bond acceptors (Lipinski definition) is 8. The molecule has 2 fully saturated rings. The molecule has 0 amide bonds. The lowest BCUT2D eigenvalue weighted by Gasteiger charge is -2.24. The van der Waals surface area contributed by atoms with Crippen LogP contribution in [0, 0.1) is 5.92 Å². The fourth-order valence-electron chi connectivity index (χ4n) is 3.12. The van der Waals surface area contributed by atoms with E-state index in [4.69, 9.17) is 14.2 Å². The van der Waals surface area contributed by atoms with Crippen molar-refractivity contribution in [2.24, 2.45) is 11.0 Å². The van der Waals surface area contributed by atoms with Crippen LogP contribution in [0.5, 0.6) is 0 Å². The topological polar surface area (TPSA) is 106 Å². The van der Waals surface area contributed by atoms with Gasteiger partial charge < -0.3 is 19.2 Å². The number of carbonyl (C=O) groups excluding carboxylic acids is 2. The van der Waals surface area contributed by atoms with Crippen LogP contribution >= 0.6 is 0 Å². The molecule has 0 saturated carbocycles. The summed E-state index contributed by atoms with van der Waals surface area (Å²) in [6.45, 7) is 4.03. The van der Waals surface area contributed by atoms with E-state index >= 15 is 0 Å². The number of rotatable bonds is 4. The van der Waals surface area contributed by atoms with Gasteiger partial charge in [0, 0.05) is 23.3 Å². The Morgan fingerprint density at radius 1 is 1.46 bits per heavy atom. The predicted molar refractivity (Wildman–Crippen MR) is 100 cm³/mol. The number of hydrogen-bond donors (Lipinski definition) is 1. The summed E-state index contributed by atoms with van der Waals surface area (Å²) in [6, 6.07) is 3.69. The predicted octanol–water partition coefficient (Wildman–Crippen LogP) is 1.33. The Morgan fingerprint density at radius 2 is 2.29 bits per heavy atom. The number of fused-ring (bicyclic) bond motifs is 1. The van der Waals surface area contributed by atoms with Gasteiger partial charge in [-0.05, 0) is 25.1 Å². The van der Waals surface area contributed by atoms with Gasteiger partial charge in [0.1, 0.15) is 5.65 Å². The van der Waals surface area contributed by atoms with Crippen molar-refractivity contribution in [3.63, 3.8) is 0 Å². The summed E-state index contributed by atoms with van der Waals surface area (Å²) in [6.07, 6.45) is 5.01. The second kappa shape index (κ2) is 7.81. The molecule has 28 heavy (non-hydrogen) atoms. The summed E-state index contributed by atoms with van der Waals surface area (Å²) < 4.78 is 16.1. The van der Waals surface area contributed by atoms with Crippen LogP contribution in [0.3, 0.4) is 0 Å². The number of aromatic nitrogens is 2. The molecule has 0 aromatic carbocycles. The molecule has 146 valence electrons. The monoisotopic (exact) mass is 384 g/mol. The third-order valence-electron chi connectivity index (χ3n) is 4.49. The molecule has 2 aromatic heterocycles. The minimum absolute atomic E-state index is 0.0366. The van der Waals surface area contributed by atoms with Crippen LogP contribution in [0.4, 0.5) is 0 Å². The van der Waals surface area contributed by atoms with Crippen LogP contribution in [0.25, 0.3) is 17.1 Å². The van der Waals surface area contributed by atoms with E-state index in [0.717, 1.165) is 10.9 Å². The number of allylic oxidation sites excluding steroid dienone is 1. The maximum absolute atomic E-state index is 12.9. The van der Waals surface area contributed by atoms with Gasteiger partial charge in [0.2, 0.25) is 17.6 Å². The van der Waals surface area contributed by atoms with Crippen molar-refractivity contribution < 1.29 is 23.8 Å².